The van der Waals surface area contributed by atoms with Crippen molar-refractivity contribution in [3.8, 4) is 23.0 Å². The number of carbonyl (C=O) groups is 1. The molecule has 0 aliphatic carbocycles. The molecule has 0 unspecified atom stereocenters. The van der Waals surface area contributed by atoms with Gasteiger partial charge in [0.05, 0.1) is 17.7 Å². The van der Waals surface area contributed by atoms with Gasteiger partial charge in [0.15, 0.2) is 17.3 Å². The van der Waals surface area contributed by atoms with E-state index in [2.05, 4.69) is 10.1 Å². The van der Waals surface area contributed by atoms with Gasteiger partial charge in [-0.2, -0.15) is 15.1 Å². The summed E-state index contributed by atoms with van der Waals surface area (Å²) in [6, 6.07) is 20.4. The zero-order chi connectivity index (χ0) is 28.1. The number of halogens is 1. The Morgan fingerprint density at radius 2 is 1.73 bits per heavy atom. The highest BCUT2D eigenvalue weighted by atomic mass is 35.5. The van der Waals surface area contributed by atoms with E-state index in [1.807, 2.05) is 61.5 Å². The zero-order valence-electron chi connectivity index (χ0n) is 21.7. The molecule has 11 heteroatoms. The molecular weight excluding hydrogens is 552 g/mol. The van der Waals surface area contributed by atoms with Crippen molar-refractivity contribution < 1.29 is 23.7 Å². The van der Waals surface area contributed by atoms with Gasteiger partial charge in [-0.15, -0.1) is 0 Å². The van der Waals surface area contributed by atoms with Crippen LogP contribution in [0.5, 0.6) is 23.0 Å². The number of benzene rings is 3. The summed E-state index contributed by atoms with van der Waals surface area (Å²) < 4.78 is 22.8. The Morgan fingerprint density at radius 1 is 1.00 bits per heavy atom. The Bertz CT molecular complexity index is 1520. The molecule has 1 amide bonds. The molecular formula is C29H25ClN4O5S. The first kappa shape index (κ1) is 27.3. The van der Waals surface area contributed by atoms with Crippen molar-refractivity contribution in [2.24, 2.45) is 10.1 Å². The number of ether oxygens (including phenoxy) is 4. The van der Waals surface area contributed by atoms with E-state index in [9.17, 15) is 4.79 Å². The molecule has 2 aliphatic rings. The second-order valence-corrected chi connectivity index (χ2v) is 10.1. The average molecular weight is 577 g/mol. The summed E-state index contributed by atoms with van der Waals surface area (Å²) in [6.07, 6.45) is 1.53. The fraction of sp³-hybridized carbons (Fsp3) is 0.172. The second-order valence-electron chi connectivity index (χ2n) is 8.66. The maximum Gasteiger partial charge on any atom is 0.283 e. The summed E-state index contributed by atoms with van der Waals surface area (Å²) in [6.45, 7) is 2.76. The summed E-state index contributed by atoms with van der Waals surface area (Å²) in [5.74, 6) is 1.53. The molecule has 0 aromatic heterocycles. The highest BCUT2D eigenvalue weighted by Gasteiger charge is 2.35. The third-order valence-electron chi connectivity index (χ3n) is 5.78. The molecule has 0 saturated heterocycles. The summed E-state index contributed by atoms with van der Waals surface area (Å²) in [5.41, 5.74) is 1.76. The molecule has 204 valence electrons. The minimum Gasteiger partial charge on any atom is -0.493 e. The third-order valence-corrected chi connectivity index (χ3v) is 6.95. The number of nitrogens with one attached hydrogen (secondary N) is 1. The lowest BCUT2D eigenvalue weighted by Gasteiger charge is -2.20. The number of thioether (sulfide) groups is 1. The number of aliphatic imine (C=N–C) groups is 1. The summed E-state index contributed by atoms with van der Waals surface area (Å²) in [4.78, 5) is 17.0. The minimum absolute atomic E-state index is 0.0663. The van der Waals surface area contributed by atoms with Crippen LogP contribution in [0.2, 0.25) is 5.02 Å². The number of amides is 1. The Morgan fingerprint density at radius 3 is 2.48 bits per heavy atom. The van der Waals surface area contributed by atoms with E-state index in [0.29, 0.717) is 39.6 Å². The molecule has 1 N–H and O–H groups in total. The lowest BCUT2D eigenvalue weighted by Crippen LogP contribution is -2.35. The Kier molecular flexibility index (Phi) is 8.37. The molecule has 0 radical (unpaired) electrons. The van der Waals surface area contributed by atoms with Gasteiger partial charge in [0.1, 0.15) is 36.4 Å². The number of hydrogen-bond acceptors (Lipinski definition) is 8. The molecule has 3 aromatic rings. The SMILES string of the molecule is COc1cc(/C=C2\C(=N)N3N=C(COc4ccccc4)SC3=NC2=O)cc(Cl)c1OCCOc1ccc(C)cc1. The number of para-hydroxylation sites is 1. The van der Waals surface area contributed by atoms with Gasteiger partial charge in [-0.3, -0.25) is 10.2 Å². The van der Waals surface area contributed by atoms with E-state index < -0.39 is 5.91 Å². The lowest BCUT2D eigenvalue weighted by molar-refractivity contribution is -0.114. The third kappa shape index (κ3) is 6.30. The summed E-state index contributed by atoms with van der Waals surface area (Å²) in [7, 11) is 1.50. The molecule has 0 atom stereocenters. The number of rotatable bonds is 10. The van der Waals surface area contributed by atoms with Crippen molar-refractivity contribution in [2.75, 3.05) is 26.9 Å². The number of hydrogen-bond donors (Lipinski definition) is 1. The average Bonchev–Trinajstić information content (AvgIpc) is 3.37. The van der Waals surface area contributed by atoms with Crippen molar-refractivity contribution in [3.05, 3.63) is 88.5 Å². The second kappa shape index (κ2) is 12.3. The van der Waals surface area contributed by atoms with Crippen molar-refractivity contribution in [3.63, 3.8) is 0 Å². The molecule has 40 heavy (non-hydrogen) atoms. The monoisotopic (exact) mass is 576 g/mol. The molecule has 5 rings (SSSR count). The number of methoxy groups -OCH3 is 1. The van der Waals surface area contributed by atoms with Crippen LogP contribution >= 0.6 is 23.4 Å². The van der Waals surface area contributed by atoms with Crippen LogP contribution in [0.4, 0.5) is 0 Å². The summed E-state index contributed by atoms with van der Waals surface area (Å²) in [5, 5.41) is 15.5. The lowest BCUT2D eigenvalue weighted by atomic mass is 10.1. The van der Waals surface area contributed by atoms with Crippen LogP contribution < -0.4 is 18.9 Å². The van der Waals surface area contributed by atoms with Crippen LogP contribution in [-0.2, 0) is 4.79 Å². The number of carbonyl (C=O) groups excluding carboxylic acids is 1. The Balaban J connectivity index is 1.26. The highest BCUT2D eigenvalue weighted by molar-refractivity contribution is 8.27. The minimum atomic E-state index is -0.548. The van der Waals surface area contributed by atoms with Crippen LogP contribution in [0.1, 0.15) is 11.1 Å². The van der Waals surface area contributed by atoms with E-state index in [0.717, 1.165) is 11.3 Å². The molecule has 2 heterocycles. The van der Waals surface area contributed by atoms with Gasteiger partial charge in [0, 0.05) is 0 Å². The van der Waals surface area contributed by atoms with Crippen LogP contribution in [0.15, 0.2) is 82.4 Å². The van der Waals surface area contributed by atoms with E-state index >= 15 is 0 Å². The van der Waals surface area contributed by atoms with E-state index in [-0.39, 0.29) is 29.6 Å². The highest BCUT2D eigenvalue weighted by Crippen LogP contribution is 2.37. The van der Waals surface area contributed by atoms with Crippen LogP contribution in [0.25, 0.3) is 6.08 Å². The Labute approximate surface area is 240 Å². The standard InChI is InChI=1S/C29H25ClN4O5S/c1-18-8-10-21(11-9-18)37-12-13-38-26-23(30)15-19(16-24(26)36-2)14-22-27(31)34-29(32-28(22)35)40-25(33-34)17-39-20-6-4-3-5-7-20/h3-11,14-16,31H,12-13,17H2,1-2H3/b22-14+,31-27?. The van der Waals surface area contributed by atoms with E-state index in [1.54, 1.807) is 12.1 Å². The first-order chi connectivity index (χ1) is 19.4. The van der Waals surface area contributed by atoms with Gasteiger partial charge in [0.25, 0.3) is 5.91 Å². The normalized spacial score (nSPS) is 15.5. The Hall–Kier alpha value is -4.28. The van der Waals surface area contributed by atoms with Gasteiger partial charge in [0.2, 0.25) is 5.17 Å². The van der Waals surface area contributed by atoms with Gasteiger partial charge in [-0.25, -0.2) is 0 Å². The van der Waals surface area contributed by atoms with Gasteiger partial charge < -0.3 is 18.9 Å². The number of fused-ring (bicyclic) bond motifs is 1. The molecule has 0 saturated carbocycles. The molecule has 2 aliphatic heterocycles. The molecule has 0 bridgehead atoms. The molecule has 9 nitrogen and oxygen atoms in total. The number of nitrogens with zero attached hydrogens (tertiary/aromatic N) is 3. The number of hydrazone groups is 1. The van der Waals surface area contributed by atoms with E-state index in [4.69, 9.17) is 36.0 Å². The summed E-state index contributed by atoms with van der Waals surface area (Å²) >= 11 is 7.71. The smallest absolute Gasteiger partial charge is 0.283 e. The molecule has 0 fully saturated rings. The first-order valence-corrected chi connectivity index (χ1v) is 13.5. The van der Waals surface area contributed by atoms with Crippen LogP contribution in [0.3, 0.4) is 0 Å². The molecule has 0 spiro atoms. The number of aryl methyl sites for hydroxylation is 1. The largest absolute Gasteiger partial charge is 0.493 e. The predicted molar refractivity (Wildman–Crippen MR) is 157 cm³/mol. The fourth-order valence-corrected chi connectivity index (χ4v) is 4.89. The van der Waals surface area contributed by atoms with Crippen molar-refractivity contribution in [1.29, 1.82) is 5.41 Å². The van der Waals surface area contributed by atoms with Gasteiger partial charge in [-0.05, 0) is 66.7 Å². The van der Waals surface area contributed by atoms with E-state index in [1.165, 1.54) is 30.0 Å². The molecule has 3 aromatic carbocycles. The maximum atomic E-state index is 12.8. The van der Waals surface area contributed by atoms with Gasteiger partial charge in [-0.1, -0.05) is 47.5 Å². The van der Waals surface area contributed by atoms with Crippen LogP contribution in [-0.4, -0.2) is 53.9 Å². The van der Waals surface area contributed by atoms with Crippen molar-refractivity contribution >= 4 is 51.4 Å². The quantitative estimate of drug-likeness (QED) is 0.240. The van der Waals surface area contributed by atoms with Crippen molar-refractivity contribution in [2.45, 2.75) is 6.92 Å². The number of amidine groups is 2. The fourth-order valence-electron chi connectivity index (χ4n) is 3.82. The zero-order valence-corrected chi connectivity index (χ0v) is 23.3. The first-order valence-electron chi connectivity index (χ1n) is 12.3. The predicted octanol–water partition coefficient (Wildman–Crippen LogP) is 5.81. The maximum absolute atomic E-state index is 12.8. The van der Waals surface area contributed by atoms with Gasteiger partial charge >= 0.3 is 0 Å². The topological polar surface area (TPSA) is 106 Å². The van der Waals surface area contributed by atoms with Crippen molar-refractivity contribution in [1.82, 2.24) is 5.01 Å². The van der Waals surface area contributed by atoms with Crippen LogP contribution in [0, 0.1) is 12.3 Å².